The van der Waals surface area contributed by atoms with Crippen molar-refractivity contribution in [2.75, 3.05) is 20.2 Å². The summed E-state index contributed by atoms with van der Waals surface area (Å²) in [6, 6.07) is 0. The fourth-order valence-corrected chi connectivity index (χ4v) is 0.904. The van der Waals surface area contributed by atoms with Crippen molar-refractivity contribution in [1.29, 1.82) is 0 Å². The summed E-state index contributed by atoms with van der Waals surface area (Å²) in [5, 5.41) is 2.99. The lowest BCUT2D eigenvalue weighted by molar-refractivity contribution is 0.275. The zero-order valence-electron chi connectivity index (χ0n) is 6.77. The molecule has 0 spiro atoms. The molecular weight excluding hydrogens is 128 g/mol. The Morgan fingerprint density at radius 1 is 1.70 bits per heavy atom. The molecule has 58 valence electrons. The summed E-state index contributed by atoms with van der Waals surface area (Å²) in [6.45, 7) is 5.58. The summed E-state index contributed by atoms with van der Waals surface area (Å²) in [5.74, 6) is 0.826. The largest absolute Gasteiger partial charge is 0.477 e. The average molecular weight is 142 g/mol. The van der Waals surface area contributed by atoms with Gasteiger partial charge >= 0.3 is 0 Å². The van der Waals surface area contributed by atoms with E-state index < -0.39 is 0 Å². The molecule has 0 unspecified atom stereocenters. The third-order valence-electron chi connectivity index (χ3n) is 1.35. The van der Waals surface area contributed by atoms with Crippen LogP contribution in [0.1, 0.15) is 13.8 Å². The molecule has 1 rings (SSSR count). The molecule has 0 saturated carbocycles. The number of likely N-dealkylation sites (N-methyl/N-ethyl adjacent to an activating group) is 1. The van der Waals surface area contributed by atoms with Crippen molar-refractivity contribution in [1.82, 2.24) is 5.32 Å². The maximum Gasteiger partial charge on any atom is 0.198 e. The number of nitrogens with one attached hydrogen (secondary N) is 1. The summed E-state index contributed by atoms with van der Waals surface area (Å²) in [6.07, 6.45) is 0. The Kier molecular flexibility index (Phi) is 1.94. The third-order valence-corrected chi connectivity index (χ3v) is 1.35. The number of rotatable bonds is 2. The van der Waals surface area contributed by atoms with Crippen LogP contribution in [0, 0.1) is 0 Å². The van der Waals surface area contributed by atoms with Crippen LogP contribution in [0.2, 0.25) is 0 Å². The van der Waals surface area contributed by atoms with Gasteiger partial charge in [-0.1, -0.05) is 0 Å². The SMILES string of the molecule is CNCC1=NC(C)(C)CO1. The molecule has 3 heteroatoms. The summed E-state index contributed by atoms with van der Waals surface area (Å²) in [5.41, 5.74) is -0.00775. The Morgan fingerprint density at radius 2 is 2.40 bits per heavy atom. The molecule has 0 aromatic rings. The molecule has 3 nitrogen and oxygen atoms in total. The maximum atomic E-state index is 5.30. The highest BCUT2D eigenvalue weighted by atomic mass is 16.5. The van der Waals surface area contributed by atoms with Gasteiger partial charge in [-0.2, -0.15) is 0 Å². The topological polar surface area (TPSA) is 33.6 Å². The summed E-state index contributed by atoms with van der Waals surface area (Å²) in [7, 11) is 1.89. The number of hydrogen-bond donors (Lipinski definition) is 1. The zero-order valence-corrected chi connectivity index (χ0v) is 6.77. The van der Waals surface area contributed by atoms with Crippen molar-refractivity contribution in [2.45, 2.75) is 19.4 Å². The molecule has 1 aliphatic heterocycles. The van der Waals surface area contributed by atoms with Crippen LogP contribution < -0.4 is 5.32 Å². The Hall–Kier alpha value is -0.570. The minimum Gasteiger partial charge on any atom is -0.477 e. The minimum atomic E-state index is -0.00775. The van der Waals surface area contributed by atoms with E-state index >= 15 is 0 Å². The van der Waals surface area contributed by atoms with Crippen LogP contribution in [0.15, 0.2) is 4.99 Å². The fourth-order valence-electron chi connectivity index (χ4n) is 0.904. The molecule has 0 radical (unpaired) electrons. The van der Waals surface area contributed by atoms with E-state index in [9.17, 15) is 0 Å². The van der Waals surface area contributed by atoms with Gasteiger partial charge in [-0.3, -0.25) is 0 Å². The van der Waals surface area contributed by atoms with E-state index in [4.69, 9.17) is 4.74 Å². The lowest BCUT2D eigenvalue weighted by atomic mass is 10.1. The van der Waals surface area contributed by atoms with E-state index in [0.29, 0.717) is 6.61 Å². The number of ether oxygens (including phenoxy) is 1. The second-order valence-electron chi connectivity index (χ2n) is 3.14. The van der Waals surface area contributed by atoms with Gasteiger partial charge in [0, 0.05) is 0 Å². The van der Waals surface area contributed by atoms with E-state index in [1.165, 1.54) is 0 Å². The molecule has 0 bridgehead atoms. The second-order valence-corrected chi connectivity index (χ2v) is 3.14. The van der Waals surface area contributed by atoms with Crippen LogP contribution in [0.5, 0.6) is 0 Å². The van der Waals surface area contributed by atoms with Crippen LogP contribution in [0.3, 0.4) is 0 Å². The van der Waals surface area contributed by atoms with Gasteiger partial charge in [0.2, 0.25) is 0 Å². The van der Waals surface area contributed by atoms with E-state index in [1.54, 1.807) is 0 Å². The first-order chi connectivity index (χ1) is 4.64. The first kappa shape index (κ1) is 7.54. The van der Waals surface area contributed by atoms with Crippen molar-refractivity contribution in [3.05, 3.63) is 0 Å². The highest BCUT2D eigenvalue weighted by molar-refractivity contribution is 5.80. The predicted molar refractivity (Wildman–Crippen MR) is 41.4 cm³/mol. The highest BCUT2D eigenvalue weighted by Crippen LogP contribution is 2.15. The Balaban J connectivity index is 2.49. The van der Waals surface area contributed by atoms with E-state index in [-0.39, 0.29) is 5.54 Å². The third kappa shape index (κ3) is 1.70. The number of aliphatic imine (C=N–C) groups is 1. The van der Waals surface area contributed by atoms with Crippen molar-refractivity contribution in [3.8, 4) is 0 Å². The molecular formula is C7H14N2O. The monoisotopic (exact) mass is 142 g/mol. The maximum absolute atomic E-state index is 5.30. The van der Waals surface area contributed by atoms with Crippen LogP contribution in [0.4, 0.5) is 0 Å². The molecule has 0 aromatic carbocycles. The Morgan fingerprint density at radius 3 is 2.80 bits per heavy atom. The van der Waals surface area contributed by atoms with Gasteiger partial charge in [0.15, 0.2) is 5.90 Å². The van der Waals surface area contributed by atoms with Crippen LogP contribution in [0.25, 0.3) is 0 Å². The summed E-state index contributed by atoms with van der Waals surface area (Å²) < 4.78 is 5.30. The molecule has 0 amide bonds. The van der Waals surface area contributed by atoms with Gasteiger partial charge in [0.25, 0.3) is 0 Å². The van der Waals surface area contributed by atoms with E-state index in [1.807, 2.05) is 7.05 Å². The first-order valence-electron chi connectivity index (χ1n) is 3.50. The number of hydrogen-bond acceptors (Lipinski definition) is 3. The Labute approximate surface area is 61.5 Å². The van der Waals surface area contributed by atoms with E-state index in [0.717, 1.165) is 12.4 Å². The number of nitrogens with zero attached hydrogens (tertiary/aromatic N) is 1. The van der Waals surface area contributed by atoms with Gasteiger partial charge in [-0.05, 0) is 20.9 Å². The fraction of sp³-hybridized carbons (Fsp3) is 0.857. The van der Waals surface area contributed by atoms with Gasteiger partial charge < -0.3 is 10.1 Å². The van der Waals surface area contributed by atoms with Gasteiger partial charge in [-0.25, -0.2) is 4.99 Å². The van der Waals surface area contributed by atoms with Crippen molar-refractivity contribution in [2.24, 2.45) is 4.99 Å². The smallest absolute Gasteiger partial charge is 0.198 e. The van der Waals surface area contributed by atoms with Gasteiger partial charge in [0.1, 0.15) is 6.61 Å². The Bertz CT molecular complexity index is 152. The molecule has 0 atom stereocenters. The van der Waals surface area contributed by atoms with Gasteiger partial charge in [0.05, 0.1) is 12.1 Å². The first-order valence-corrected chi connectivity index (χ1v) is 3.50. The summed E-state index contributed by atoms with van der Waals surface area (Å²) >= 11 is 0. The molecule has 1 N–H and O–H groups in total. The lowest BCUT2D eigenvalue weighted by Gasteiger charge is -2.07. The van der Waals surface area contributed by atoms with Crippen molar-refractivity contribution < 1.29 is 4.74 Å². The summed E-state index contributed by atoms with van der Waals surface area (Å²) in [4.78, 5) is 4.34. The molecule has 0 fully saturated rings. The normalized spacial score (nSPS) is 22.1. The molecule has 0 aliphatic carbocycles. The van der Waals surface area contributed by atoms with Crippen LogP contribution in [-0.2, 0) is 4.74 Å². The van der Waals surface area contributed by atoms with Crippen LogP contribution >= 0.6 is 0 Å². The van der Waals surface area contributed by atoms with Crippen LogP contribution in [-0.4, -0.2) is 31.6 Å². The standard InChI is InChI=1S/C7H14N2O/c1-7(2)5-10-6(9-7)4-8-3/h8H,4-5H2,1-3H3. The zero-order chi connectivity index (χ0) is 7.61. The molecule has 10 heavy (non-hydrogen) atoms. The quantitative estimate of drug-likeness (QED) is 0.606. The van der Waals surface area contributed by atoms with E-state index in [2.05, 4.69) is 24.2 Å². The van der Waals surface area contributed by atoms with Crippen molar-refractivity contribution in [3.63, 3.8) is 0 Å². The molecule has 0 saturated heterocycles. The molecule has 1 aliphatic rings. The van der Waals surface area contributed by atoms with Gasteiger partial charge in [-0.15, -0.1) is 0 Å². The molecule has 0 aromatic heterocycles. The highest BCUT2D eigenvalue weighted by Gasteiger charge is 2.25. The second kappa shape index (κ2) is 2.58. The minimum absolute atomic E-state index is 0.00775. The predicted octanol–water partition coefficient (Wildman–Crippen LogP) is 0.413. The average Bonchev–Trinajstić information content (AvgIpc) is 2.12. The lowest BCUT2D eigenvalue weighted by Crippen LogP contribution is -2.18. The van der Waals surface area contributed by atoms with Crippen molar-refractivity contribution >= 4 is 5.90 Å². The molecule has 1 heterocycles.